The summed E-state index contributed by atoms with van der Waals surface area (Å²) in [4.78, 5) is 13.7. The van der Waals surface area contributed by atoms with Crippen LogP contribution in [-0.2, 0) is 13.1 Å². The standard InChI is InChI=1S/C25H28N2O3/c1-18-14-23(29-3)24(30-4)15-21(18)17-27(2)16-19-10-12-20(13-11-19)25(28)26-22-8-6-5-7-9-22/h5-15H,16-17H2,1-4H3,(H,26,28)/p+1. The molecule has 5 heteroatoms. The van der Waals surface area contributed by atoms with Gasteiger partial charge in [0.25, 0.3) is 5.91 Å². The van der Waals surface area contributed by atoms with E-state index in [1.807, 2.05) is 60.7 Å². The first kappa shape index (κ1) is 21.4. The number of hydrogen-bond donors (Lipinski definition) is 2. The number of methoxy groups -OCH3 is 2. The fourth-order valence-electron chi connectivity index (χ4n) is 3.45. The van der Waals surface area contributed by atoms with Gasteiger partial charge in [0.1, 0.15) is 13.1 Å². The van der Waals surface area contributed by atoms with Crippen molar-refractivity contribution in [2.24, 2.45) is 0 Å². The minimum absolute atomic E-state index is 0.102. The monoisotopic (exact) mass is 405 g/mol. The highest BCUT2D eigenvalue weighted by atomic mass is 16.5. The topological polar surface area (TPSA) is 52.0 Å². The number of hydrogen-bond acceptors (Lipinski definition) is 3. The predicted octanol–water partition coefficient (Wildman–Crippen LogP) is 3.48. The SMILES string of the molecule is COc1cc(C)c(C[NH+](C)Cc2ccc(C(=O)Nc3ccccc3)cc2)cc1OC. The van der Waals surface area contributed by atoms with E-state index in [9.17, 15) is 4.79 Å². The summed E-state index contributed by atoms with van der Waals surface area (Å²) in [5.41, 5.74) is 5.03. The first-order chi connectivity index (χ1) is 14.5. The van der Waals surface area contributed by atoms with Gasteiger partial charge in [-0.15, -0.1) is 0 Å². The fraction of sp³-hybridized carbons (Fsp3) is 0.240. The van der Waals surface area contributed by atoms with Crippen molar-refractivity contribution in [3.05, 3.63) is 89.0 Å². The Hall–Kier alpha value is -3.31. The molecule has 30 heavy (non-hydrogen) atoms. The molecular weight excluding hydrogens is 376 g/mol. The van der Waals surface area contributed by atoms with Crippen molar-refractivity contribution in [2.75, 3.05) is 26.6 Å². The van der Waals surface area contributed by atoms with Gasteiger partial charge in [-0.1, -0.05) is 30.3 Å². The van der Waals surface area contributed by atoms with E-state index < -0.39 is 0 Å². The first-order valence-electron chi connectivity index (χ1n) is 9.98. The lowest BCUT2D eigenvalue weighted by atomic mass is 10.1. The van der Waals surface area contributed by atoms with E-state index in [1.165, 1.54) is 21.6 Å². The highest BCUT2D eigenvalue weighted by molar-refractivity contribution is 6.04. The Morgan fingerprint density at radius 1 is 0.900 bits per heavy atom. The number of anilines is 1. The predicted molar refractivity (Wildman–Crippen MR) is 119 cm³/mol. The minimum atomic E-state index is -0.102. The number of benzene rings is 3. The maximum absolute atomic E-state index is 12.4. The van der Waals surface area contributed by atoms with E-state index in [-0.39, 0.29) is 5.91 Å². The molecule has 0 aliphatic heterocycles. The van der Waals surface area contributed by atoms with Gasteiger partial charge in [0.15, 0.2) is 11.5 Å². The highest BCUT2D eigenvalue weighted by Gasteiger charge is 2.13. The molecule has 0 aromatic heterocycles. The minimum Gasteiger partial charge on any atom is -0.493 e. The van der Waals surface area contributed by atoms with E-state index in [2.05, 4.69) is 25.4 Å². The molecule has 0 heterocycles. The molecule has 0 saturated heterocycles. The number of amides is 1. The third-order valence-corrected chi connectivity index (χ3v) is 5.09. The lowest BCUT2D eigenvalue weighted by Gasteiger charge is -2.17. The summed E-state index contributed by atoms with van der Waals surface area (Å²) < 4.78 is 10.8. The van der Waals surface area contributed by atoms with Crippen LogP contribution in [0.1, 0.15) is 27.0 Å². The molecule has 3 rings (SSSR count). The average Bonchev–Trinajstić information content (AvgIpc) is 2.76. The van der Waals surface area contributed by atoms with Crippen LogP contribution in [0.5, 0.6) is 11.5 Å². The van der Waals surface area contributed by atoms with Crippen LogP contribution >= 0.6 is 0 Å². The molecule has 3 aromatic rings. The molecule has 3 aromatic carbocycles. The molecule has 0 bridgehead atoms. The number of para-hydroxylation sites is 1. The summed E-state index contributed by atoms with van der Waals surface area (Å²) in [5.74, 6) is 1.40. The summed E-state index contributed by atoms with van der Waals surface area (Å²) in [5, 5.41) is 2.91. The van der Waals surface area contributed by atoms with Crippen LogP contribution in [0.2, 0.25) is 0 Å². The van der Waals surface area contributed by atoms with E-state index in [0.717, 1.165) is 30.3 Å². The van der Waals surface area contributed by atoms with Gasteiger partial charge in [-0.2, -0.15) is 0 Å². The molecule has 0 aliphatic carbocycles. The highest BCUT2D eigenvalue weighted by Crippen LogP contribution is 2.29. The second kappa shape index (κ2) is 9.94. The molecule has 0 spiro atoms. The maximum atomic E-state index is 12.4. The van der Waals surface area contributed by atoms with Gasteiger partial charge >= 0.3 is 0 Å². The van der Waals surface area contributed by atoms with Crippen LogP contribution in [0.25, 0.3) is 0 Å². The second-order valence-corrected chi connectivity index (χ2v) is 7.46. The van der Waals surface area contributed by atoms with Gasteiger partial charge in [-0.05, 0) is 48.9 Å². The van der Waals surface area contributed by atoms with Gasteiger partial charge in [-0.25, -0.2) is 0 Å². The van der Waals surface area contributed by atoms with E-state index in [1.54, 1.807) is 14.2 Å². The Kier molecular flexibility index (Phi) is 7.09. The molecule has 0 radical (unpaired) electrons. The van der Waals surface area contributed by atoms with E-state index in [4.69, 9.17) is 9.47 Å². The third-order valence-electron chi connectivity index (χ3n) is 5.09. The summed E-state index contributed by atoms with van der Waals surface area (Å²) in [6.07, 6.45) is 0. The lowest BCUT2D eigenvalue weighted by Crippen LogP contribution is -3.06. The summed E-state index contributed by atoms with van der Waals surface area (Å²) in [7, 11) is 5.47. The van der Waals surface area contributed by atoms with Crippen molar-refractivity contribution >= 4 is 11.6 Å². The molecule has 1 unspecified atom stereocenters. The van der Waals surface area contributed by atoms with Gasteiger partial charge in [0.2, 0.25) is 0 Å². The number of nitrogens with one attached hydrogen (secondary N) is 2. The van der Waals surface area contributed by atoms with Crippen LogP contribution in [0.3, 0.4) is 0 Å². The van der Waals surface area contributed by atoms with Crippen LogP contribution < -0.4 is 19.7 Å². The van der Waals surface area contributed by atoms with Crippen molar-refractivity contribution in [2.45, 2.75) is 20.0 Å². The second-order valence-electron chi connectivity index (χ2n) is 7.46. The first-order valence-corrected chi connectivity index (χ1v) is 9.98. The largest absolute Gasteiger partial charge is 0.493 e. The van der Waals surface area contributed by atoms with Gasteiger partial charge in [-0.3, -0.25) is 4.79 Å². The molecule has 0 saturated carbocycles. The maximum Gasteiger partial charge on any atom is 0.255 e. The normalized spacial score (nSPS) is 11.6. The van der Waals surface area contributed by atoms with Crippen molar-refractivity contribution in [1.29, 1.82) is 0 Å². The molecule has 1 atom stereocenters. The zero-order chi connectivity index (χ0) is 21.5. The number of carbonyl (C=O) groups is 1. The quantitative estimate of drug-likeness (QED) is 0.603. The molecule has 156 valence electrons. The van der Waals surface area contributed by atoms with E-state index >= 15 is 0 Å². The Morgan fingerprint density at radius 3 is 2.17 bits per heavy atom. The summed E-state index contributed by atoms with van der Waals surface area (Å²) >= 11 is 0. The number of aryl methyl sites for hydroxylation is 1. The summed E-state index contributed by atoms with van der Waals surface area (Å²) in [6, 6.07) is 21.3. The molecule has 0 aliphatic rings. The summed E-state index contributed by atoms with van der Waals surface area (Å²) in [6.45, 7) is 3.81. The number of ether oxygens (including phenoxy) is 2. The van der Waals surface area contributed by atoms with Crippen LogP contribution in [0, 0.1) is 6.92 Å². The zero-order valence-corrected chi connectivity index (χ0v) is 18.0. The Labute approximate surface area is 178 Å². The smallest absolute Gasteiger partial charge is 0.255 e. The number of quaternary nitrogens is 1. The molecular formula is C25H29N2O3+. The molecule has 1 amide bonds. The number of carbonyl (C=O) groups excluding carboxylic acids is 1. The lowest BCUT2D eigenvalue weighted by molar-refractivity contribution is -0.907. The van der Waals surface area contributed by atoms with Crippen molar-refractivity contribution in [1.82, 2.24) is 0 Å². The van der Waals surface area contributed by atoms with Crippen molar-refractivity contribution in [3.63, 3.8) is 0 Å². The Morgan fingerprint density at radius 2 is 1.53 bits per heavy atom. The van der Waals surface area contributed by atoms with Crippen LogP contribution in [-0.4, -0.2) is 27.2 Å². The number of rotatable bonds is 8. The fourth-order valence-corrected chi connectivity index (χ4v) is 3.45. The zero-order valence-electron chi connectivity index (χ0n) is 18.0. The van der Waals surface area contributed by atoms with E-state index in [0.29, 0.717) is 5.56 Å². The average molecular weight is 406 g/mol. The molecule has 0 fully saturated rings. The van der Waals surface area contributed by atoms with Gasteiger partial charge < -0.3 is 19.7 Å². The molecule has 5 nitrogen and oxygen atoms in total. The van der Waals surface area contributed by atoms with Crippen molar-refractivity contribution in [3.8, 4) is 11.5 Å². The Bertz CT molecular complexity index is 985. The third kappa shape index (κ3) is 5.39. The van der Waals surface area contributed by atoms with Crippen LogP contribution in [0.4, 0.5) is 5.69 Å². The van der Waals surface area contributed by atoms with Gasteiger partial charge in [0.05, 0.1) is 21.3 Å². The molecule has 2 N–H and O–H groups in total. The van der Waals surface area contributed by atoms with Crippen LogP contribution in [0.15, 0.2) is 66.7 Å². The van der Waals surface area contributed by atoms with Crippen molar-refractivity contribution < 1.29 is 19.2 Å². The van der Waals surface area contributed by atoms with Gasteiger partial charge in [0, 0.05) is 22.4 Å². The Balaban J connectivity index is 1.62.